The van der Waals surface area contributed by atoms with Gasteiger partial charge in [0.25, 0.3) is 0 Å². The molecule has 100 valence electrons. The molecule has 1 aromatic rings. The van der Waals surface area contributed by atoms with E-state index < -0.39 is 23.7 Å². The smallest absolute Gasteiger partial charge is 0.379 e. The number of rotatable bonds is 4. The van der Waals surface area contributed by atoms with Gasteiger partial charge in [-0.05, 0) is 19.1 Å². The number of esters is 1. The van der Waals surface area contributed by atoms with Gasteiger partial charge in [-0.3, -0.25) is 0 Å². The van der Waals surface area contributed by atoms with Crippen LogP contribution in [0.2, 0.25) is 0 Å². The van der Waals surface area contributed by atoms with E-state index in [2.05, 4.69) is 4.74 Å². The van der Waals surface area contributed by atoms with Crippen molar-refractivity contribution in [1.29, 1.82) is 0 Å². The second-order valence-electron chi connectivity index (χ2n) is 3.56. The van der Waals surface area contributed by atoms with Crippen molar-refractivity contribution in [3.63, 3.8) is 0 Å². The molecule has 0 spiro atoms. The molecule has 5 nitrogen and oxygen atoms in total. The summed E-state index contributed by atoms with van der Waals surface area (Å²) in [5.41, 5.74) is 4.91. The first-order valence-corrected chi connectivity index (χ1v) is 5.13. The molecule has 0 bridgehead atoms. The van der Waals surface area contributed by atoms with Crippen molar-refractivity contribution < 1.29 is 28.5 Å². The first-order valence-electron chi connectivity index (χ1n) is 5.13. The van der Waals surface area contributed by atoms with Crippen molar-refractivity contribution >= 4 is 5.97 Å². The maximum absolute atomic E-state index is 13.6. The average Bonchev–Trinajstić information content (AvgIpc) is 2.28. The second kappa shape index (κ2) is 5.18. The Morgan fingerprint density at radius 2 is 2.11 bits per heavy atom. The fourth-order valence-electron chi connectivity index (χ4n) is 1.34. The Morgan fingerprint density at radius 1 is 1.50 bits per heavy atom. The number of ether oxygens (including phenoxy) is 1. The van der Waals surface area contributed by atoms with Crippen LogP contribution >= 0.6 is 0 Å². The van der Waals surface area contributed by atoms with Gasteiger partial charge < -0.3 is 20.7 Å². The van der Waals surface area contributed by atoms with Crippen molar-refractivity contribution in [1.82, 2.24) is 0 Å². The number of halogens is 2. The molecule has 1 rings (SSSR count). The Hall–Kier alpha value is -1.89. The summed E-state index contributed by atoms with van der Waals surface area (Å²) in [5.74, 6) is -6.65. The highest BCUT2D eigenvalue weighted by molar-refractivity contribution is 5.79. The number of carbonyl (C=O) groups excluding carboxylic acids is 1. The van der Waals surface area contributed by atoms with Crippen LogP contribution in [0.25, 0.3) is 0 Å². The highest BCUT2D eigenvalue weighted by Crippen LogP contribution is 2.36. The number of benzene rings is 1. The monoisotopic (exact) mass is 261 g/mol. The van der Waals surface area contributed by atoms with Gasteiger partial charge in [-0.1, -0.05) is 0 Å². The van der Waals surface area contributed by atoms with Crippen molar-refractivity contribution in [3.8, 4) is 11.5 Å². The SMILES string of the molecule is CCOC(=O)C(F)(F)[C@@H](N)c1ccc(O)cc1O. The predicted molar refractivity (Wildman–Crippen MR) is 58.3 cm³/mol. The lowest BCUT2D eigenvalue weighted by atomic mass is 10.0. The van der Waals surface area contributed by atoms with E-state index in [0.717, 1.165) is 18.2 Å². The number of phenolic OH excluding ortho intramolecular Hbond substituents is 2. The minimum Gasteiger partial charge on any atom is -0.508 e. The summed E-state index contributed by atoms with van der Waals surface area (Å²) in [6.07, 6.45) is 0. The lowest BCUT2D eigenvalue weighted by molar-refractivity contribution is -0.174. The number of phenols is 2. The molecule has 0 aliphatic heterocycles. The molecule has 7 heteroatoms. The minimum absolute atomic E-state index is 0.206. The van der Waals surface area contributed by atoms with Crippen molar-refractivity contribution in [2.75, 3.05) is 6.61 Å². The van der Waals surface area contributed by atoms with Gasteiger partial charge >= 0.3 is 11.9 Å². The topological polar surface area (TPSA) is 92.8 Å². The Balaban J connectivity index is 3.05. The van der Waals surface area contributed by atoms with Gasteiger partial charge in [0.1, 0.15) is 17.5 Å². The maximum Gasteiger partial charge on any atom is 0.379 e. The molecule has 4 N–H and O–H groups in total. The van der Waals surface area contributed by atoms with E-state index in [0.29, 0.717) is 0 Å². The largest absolute Gasteiger partial charge is 0.508 e. The van der Waals surface area contributed by atoms with Gasteiger partial charge in [-0.15, -0.1) is 0 Å². The molecule has 0 aliphatic carbocycles. The van der Waals surface area contributed by atoms with Crippen molar-refractivity contribution in [2.24, 2.45) is 5.73 Å². The molecule has 0 saturated carbocycles. The summed E-state index contributed by atoms with van der Waals surface area (Å²) in [4.78, 5) is 11.1. The quantitative estimate of drug-likeness (QED) is 0.710. The van der Waals surface area contributed by atoms with Crippen LogP contribution in [-0.2, 0) is 9.53 Å². The van der Waals surface area contributed by atoms with Crippen molar-refractivity contribution in [2.45, 2.75) is 18.9 Å². The van der Waals surface area contributed by atoms with Crippen molar-refractivity contribution in [3.05, 3.63) is 23.8 Å². The number of aromatic hydroxyl groups is 2. The van der Waals surface area contributed by atoms with Crippen LogP contribution in [0, 0.1) is 0 Å². The van der Waals surface area contributed by atoms with Gasteiger partial charge in [0.05, 0.1) is 6.61 Å². The summed E-state index contributed by atoms with van der Waals surface area (Å²) in [5, 5.41) is 18.4. The van der Waals surface area contributed by atoms with Crippen LogP contribution in [0.15, 0.2) is 18.2 Å². The first-order chi connectivity index (χ1) is 8.30. The molecule has 1 atom stereocenters. The maximum atomic E-state index is 13.6. The third kappa shape index (κ3) is 2.67. The van der Waals surface area contributed by atoms with E-state index in [4.69, 9.17) is 10.8 Å². The Labute approximate surface area is 102 Å². The van der Waals surface area contributed by atoms with Gasteiger partial charge in [-0.2, -0.15) is 8.78 Å². The summed E-state index contributed by atoms with van der Waals surface area (Å²) in [7, 11) is 0. The lowest BCUT2D eigenvalue weighted by Gasteiger charge is -2.22. The van der Waals surface area contributed by atoms with Crippen LogP contribution < -0.4 is 5.73 Å². The fraction of sp³-hybridized carbons (Fsp3) is 0.364. The van der Waals surface area contributed by atoms with E-state index in [-0.39, 0.29) is 17.9 Å². The van der Waals surface area contributed by atoms with E-state index >= 15 is 0 Å². The van der Waals surface area contributed by atoms with E-state index in [1.807, 2.05) is 0 Å². The van der Waals surface area contributed by atoms with Gasteiger partial charge in [0.15, 0.2) is 0 Å². The summed E-state index contributed by atoms with van der Waals surface area (Å²) in [6, 6.07) is 0.895. The predicted octanol–water partition coefficient (Wildman–Crippen LogP) is 1.30. The molecular formula is C11H13F2NO4. The molecule has 0 heterocycles. The minimum atomic E-state index is -3.97. The van der Waals surface area contributed by atoms with Gasteiger partial charge in [0.2, 0.25) is 0 Å². The van der Waals surface area contributed by atoms with E-state index in [1.54, 1.807) is 0 Å². The number of hydrogen-bond acceptors (Lipinski definition) is 5. The molecule has 1 aromatic carbocycles. The third-order valence-electron chi connectivity index (χ3n) is 2.29. The molecule has 0 aliphatic rings. The van der Waals surface area contributed by atoms with Gasteiger partial charge in [-0.25, -0.2) is 4.79 Å². The van der Waals surface area contributed by atoms with Crippen LogP contribution in [0.4, 0.5) is 8.78 Å². The summed E-state index contributed by atoms with van der Waals surface area (Å²) < 4.78 is 31.4. The average molecular weight is 261 g/mol. The molecule has 0 amide bonds. The first kappa shape index (κ1) is 14.2. The van der Waals surface area contributed by atoms with E-state index in [9.17, 15) is 18.7 Å². The zero-order chi connectivity index (χ0) is 13.9. The standard InChI is InChI=1S/C11H13F2NO4/c1-2-18-10(17)11(12,13)9(14)7-4-3-6(15)5-8(7)16/h3-5,9,15-16H,2,14H2,1H3/t9-/m0/s1. The number of hydrogen-bond donors (Lipinski definition) is 3. The highest BCUT2D eigenvalue weighted by Gasteiger charge is 2.48. The summed E-state index contributed by atoms with van der Waals surface area (Å²) >= 11 is 0. The van der Waals surface area contributed by atoms with Gasteiger partial charge in [0, 0.05) is 11.6 Å². The Morgan fingerprint density at radius 3 is 2.61 bits per heavy atom. The molecule has 0 unspecified atom stereocenters. The highest BCUT2D eigenvalue weighted by atomic mass is 19.3. The fourth-order valence-corrected chi connectivity index (χ4v) is 1.34. The van der Waals surface area contributed by atoms with Crippen LogP contribution in [0.1, 0.15) is 18.5 Å². The third-order valence-corrected chi connectivity index (χ3v) is 2.29. The van der Waals surface area contributed by atoms with Crippen LogP contribution in [-0.4, -0.2) is 28.7 Å². The zero-order valence-electron chi connectivity index (χ0n) is 9.56. The lowest BCUT2D eigenvalue weighted by Crippen LogP contribution is -2.41. The van der Waals surface area contributed by atoms with E-state index in [1.165, 1.54) is 6.92 Å². The van der Waals surface area contributed by atoms with Crippen LogP contribution in [0.5, 0.6) is 11.5 Å². The zero-order valence-corrected chi connectivity index (χ0v) is 9.56. The molecule has 18 heavy (non-hydrogen) atoms. The summed E-state index contributed by atoms with van der Waals surface area (Å²) in [6.45, 7) is 1.18. The molecule has 0 radical (unpaired) electrons. The second-order valence-corrected chi connectivity index (χ2v) is 3.56. The number of nitrogens with two attached hydrogens (primary N) is 1. The number of alkyl halides is 2. The molecule has 0 saturated heterocycles. The Kier molecular flexibility index (Phi) is 4.07. The molecule has 0 aromatic heterocycles. The Bertz CT molecular complexity index is 451. The number of carbonyl (C=O) groups is 1. The van der Waals surface area contributed by atoms with Crippen LogP contribution in [0.3, 0.4) is 0 Å². The molecular weight excluding hydrogens is 248 g/mol. The normalized spacial score (nSPS) is 13.1. The molecule has 0 fully saturated rings.